The van der Waals surface area contributed by atoms with E-state index in [0.717, 1.165) is 21.5 Å². The maximum absolute atomic E-state index is 12.5. The van der Waals surface area contributed by atoms with Crippen LogP contribution in [-0.4, -0.2) is 23.1 Å². The van der Waals surface area contributed by atoms with Gasteiger partial charge in [-0.25, -0.2) is 4.98 Å². The number of benzene rings is 2. The van der Waals surface area contributed by atoms with Crippen LogP contribution in [0.15, 0.2) is 52.3 Å². The second-order valence-electron chi connectivity index (χ2n) is 7.62. The van der Waals surface area contributed by atoms with Crippen LogP contribution in [0.3, 0.4) is 0 Å². The number of carbonyl (C=O) groups is 1. The normalized spacial score (nSPS) is 11.1. The number of nitrogens with one attached hydrogen (secondary N) is 2. The topological polar surface area (TPSA) is 63.2 Å². The zero-order valence-electron chi connectivity index (χ0n) is 17.1. The first-order chi connectivity index (χ1) is 14.2. The summed E-state index contributed by atoms with van der Waals surface area (Å²) < 4.78 is 6.11. The van der Waals surface area contributed by atoms with Crippen molar-refractivity contribution in [1.82, 2.24) is 10.3 Å². The second kappa shape index (κ2) is 9.24. The Bertz CT molecular complexity index is 1070. The number of hydrogen-bond acceptors (Lipinski definition) is 5. The molecule has 0 spiro atoms. The van der Waals surface area contributed by atoms with Gasteiger partial charge in [-0.2, -0.15) is 0 Å². The lowest BCUT2D eigenvalue weighted by Gasteiger charge is -2.19. The first-order valence-electron chi connectivity index (χ1n) is 9.19. The van der Waals surface area contributed by atoms with E-state index in [-0.39, 0.29) is 16.4 Å². The maximum atomic E-state index is 12.5. The van der Waals surface area contributed by atoms with Crippen molar-refractivity contribution in [3.63, 3.8) is 0 Å². The van der Waals surface area contributed by atoms with E-state index in [9.17, 15) is 4.79 Å². The van der Waals surface area contributed by atoms with Gasteiger partial charge in [-0.3, -0.25) is 10.1 Å². The highest BCUT2D eigenvalue weighted by Crippen LogP contribution is 2.32. The molecule has 8 heteroatoms. The Hall–Kier alpha value is -2.29. The number of anilines is 1. The number of rotatable bonds is 4. The van der Waals surface area contributed by atoms with E-state index < -0.39 is 0 Å². The lowest BCUT2D eigenvalue weighted by Crippen LogP contribution is -2.34. The Balaban J connectivity index is 1.63. The van der Waals surface area contributed by atoms with E-state index >= 15 is 0 Å². The SMILES string of the molecule is COc1ccc(-c2csc(NC(=S)NC(=O)c3ccc(C(C)(C)C)cc3)n2)cc1Br. The van der Waals surface area contributed by atoms with Crippen LogP contribution in [0.2, 0.25) is 0 Å². The first-order valence-corrected chi connectivity index (χ1v) is 11.3. The fraction of sp³-hybridized carbons (Fsp3) is 0.227. The lowest BCUT2D eigenvalue weighted by molar-refractivity contribution is 0.0977. The average Bonchev–Trinajstić information content (AvgIpc) is 3.15. The first kappa shape index (κ1) is 22.4. The molecule has 3 aromatic rings. The summed E-state index contributed by atoms with van der Waals surface area (Å²) in [7, 11) is 1.62. The number of carbonyl (C=O) groups excluding carboxylic acids is 1. The number of aromatic nitrogens is 1. The zero-order chi connectivity index (χ0) is 21.9. The van der Waals surface area contributed by atoms with Crippen LogP contribution in [0.25, 0.3) is 11.3 Å². The minimum absolute atomic E-state index is 0.0356. The molecule has 1 aromatic heterocycles. The van der Waals surface area contributed by atoms with Crippen molar-refractivity contribution in [3.8, 4) is 17.0 Å². The zero-order valence-corrected chi connectivity index (χ0v) is 20.3. The molecule has 0 fully saturated rings. The van der Waals surface area contributed by atoms with E-state index in [1.807, 2.05) is 47.8 Å². The van der Waals surface area contributed by atoms with Gasteiger partial charge in [-0.15, -0.1) is 11.3 Å². The molecule has 0 aliphatic rings. The molecular formula is C22H22BrN3O2S2. The molecule has 1 amide bonds. The molecule has 0 unspecified atom stereocenters. The van der Waals surface area contributed by atoms with Crippen molar-refractivity contribution in [2.75, 3.05) is 12.4 Å². The molecule has 156 valence electrons. The molecular weight excluding hydrogens is 482 g/mol. The summed E-state index contributed by atoms with van der Waals surface area (Å²) in [4.78, 5) is 17.0. The minimum Gasteiger partial charge on any atom is -0.496 e. The van der Waals surface area contributed by atoms with Gasteiger partial charge in [0.25, 0.3) is 5.91 Å². The predicted octanol–water partition coefficient (Wildman–Crippen LogP) is 6.01. The standard InChI is InChI=1S/C22H22BrN3O2S2/c1-22(2,3)15-8-5-13(6-9-15)19(27)25-20(29)26-21-24-17(12-30-21)14-7-10-18(28-4)16(23)11-14/h5-12H,1-4H3,(H2,24,25,26,27,29). The summed E-state index contributed by atoms with van der Waals surface area (Å²) in [6.07, 6.45) is 0. The summed E-state index contributed by atoms with van der Waals surface area (Å²) in [5.74, 6) is 0.496. The number of thiazole rings is 1. The largest absolute Gasteiger partial charge is 0.496 e. The van der Waals surface area contributed by atoms with Gasteiger partial charge in [0.2, 0.25) is 0 Å². The molecule has 30 heavy (non-hydrogen) atoms. The van der Waals surface area contributed by atoms with Crippen LogP contribution in [0.1, 0.15) is 36.7 Å². The lowest BCUT2D eigenvalue weighted by atomic mass is 9.87. The Kier molecular flexibility index (Phi) is 6.90. The number of methoxy groups -OCH3 is 1. The van der Waals surface area contributed by atoms with Crippen molar-refractivity contribution < 1.29 is 9.53 Å². The molecule has 2 aromatic carbocycles. The fourth-order valence-electron chi connectivity index (χ4n) is 2.71. The van der Waals surface area contributed by atoms with Crippen molar-refractivity contribution in [2.24, 2.45) is 0 Å². The molecule has 3 rings (SSSR count). The van der Waals surface area contributed by atoms with Gasteiger partial charge in [0, 0.05) is 16.5 Å². The third-order valence-corrected chi connectivity index (χ3v) is 5.99. The van der Waals surface area contributed by atoms with Gasteiger partial charge >= 0.3 is 0 Å². The van der Waals surface area contributed by atoms with Crippen molar-refractivity contribution >= 4 is 55.6 Å². The minimum atomic E-state index is -0.260. The van der Waals surface area contributed by atoms with Gasteiger partial charge in [0.05, 0.1) is 17.3 Å². The monoisotopic (exact) mass is 503 g/mol. The van der Waals surface area contributed by atoms with Gasteiger partial charge in [0.15, 0.2) is 10.2 Å². The number of thiocarbonyl (C=S) groups is 1. The van der Waals surface area contributed by atoms with E-state index in [4.69, 9.17) is 17.0 Å². The van der Waals surface area contributed by atoms with Crippen molar-refractivity contribution in [3.05, 3.63) is 63.4 Å². The Morgan fingerprint density at radius 2 is 1.87 bits per heavy atom. The molecule has 0 aliphatic heterocycles. The Morgan fingerprint density at radius 1 is 1.17 bits per heavy atom. The highest BCUT2D eigenvalue weighted by atomic mass is 79.9. The van der Waals surface area contributed by atoms with E-state index in [0.29, 0.717) is 10.7 Å². The summed E-state index contributed by atoms with van der Waals surface area (Å²) in [5, 5.41) is 8.41. The summed E-state index contributed by atoms with van der Waals surface area (Å²) in [6, 6.07) is 13.3. The molecule has 0 radical (unpaired) electrons. The molecule has 0 saturated heterocycles. The summed E-state index contributed by atoms with van der Waals surface area (Å²) in [6.45, 7) is 6.40. The molecule has 0 saturated carbocycles. The van der Waals surface area contributed by atoms with Crippen LogP contribution in [0, 0.1) is 0 Å². The van der Waals surface area contributed by atoms with E-state index in [1.165, 1.54) is 16.9 Å². The van der Waals surface area contributed by atoms with Crippen LogP contribution in [0.4, 0.5) is 5.13 Å². The molecule has 2 N–H and O–H groups in total. The van der Waals surface area contributed by atoms with Crippen LogP contribution in [-0.2, 0) is 5.41 Å². The Labute approximate surface area is 194 Å². The van der Waals surface area contributed by atoms with Crippen LogP contribution < -0.4 is 15.4 Å². The quantitative estimate of drug-likeness (QED) is 0.427. The fourth-order valence-corrected chi connectivity index (χ4v) is 4.23. The number of nitrogens with zero attached hydrogens (tertiary/aromatic N) is 1. The van der Waals surface area contributed by atoms with Crippen LogP contribution >= 0.6 is 39.5 Å². The number of hydrogen-bond donors (Lipinski definition) is 2. The maximum Gasteiger partial charge on any atom is 0.257 e. The van der Waals surface area contributed by atoms with Crippen molar-refractivity contribution in [1.29, 1.82) is 0 Å². The molecule has 0 atom stereocenters. The average molecular weight is 504 g/mol. The van der Waals surface area contributed by atoms with Gasteiger partial charge in [0.1, 0.15) is 5.75 Å². The van der Waals surface area contributed by atoms with Crippen LogP contribution in [0.5, 0.6) is 5.75 Å². The predicted molar refractivity (Wildman–Crippen MR) is 131 cm³/mol. The number of ether oxygens (including phenoxy) is 1. The molecule has 1 heterocycles. The Morgan fingerprint density at radius 3 is 2.47 bits per heavy atom. The third kappa shape index (κ3) is 5.44. The number of halogens is 1. The van der Waals surface area contributed by atoms with E-state index in [2.05, 4.69) is 52.3 Å². The third-order valence-electron chi connectivity index (χ3n) is 4.41. The van der Waals surface area contributed by atoms with Gasteiger partial charge < -0.3 is 10.1 Å². The van der Waals surface area contributed by atoms with Gasteiger partial charge in [-0.1, -0.05) is 32.9 Å². The highest BCUT2D eigenvalue weighted by Gasteiger charge is 2.15. The highest BCUT2D eigenvalue weighted by molar-refractivity contribution is 9.10. The van der Waals surface area contributed by atoms with Gasteiger partial charge in [-0.05, 0) is 69.5 Å². The smallest absolute Gasteiger partial charge is 0.257 e. The molecule has 0 aliphatic carbocycles. The molecule has 0 bridgehead atoms. The summed E-state index contributed by atoms with van der Waals surface area (Å²) in [5.41, 5.74) is 3.50. The van der Waals surface area contributed by atoms with E-state index in [1.54, 1.807) is 7.11 Å². The second-order valence-corrected chi connectivity index (χ2v) is 9.74. The molecule has 5 nitrogen and oxygen atoms in total. The number of amides is 1. The van der Waals surface area contributed by atoms with Crippen molar-refractivity contribution in [2.45, 2.75) is 26.2 Å². The summed E-state index contributed by atoms with van der Waals surface area (Å²) >= 11 is 10.2.